The molecule has 1 nitrogen and oxygen atoms in total. The van der Waals surface area contributed by atoms with Gasteiger partial charge in [-0.3, -0.25) is 0 Å². The minimum absolute atomic E-state index is 0.0869. The van der Waals surface area contributed by atoms with Crippen molar-refractivity contribution in [3.8, 4) is 5.75 Å². The van der Waals surface area contributed by atoms with Crippen molar-refractivity contribution in [3.63, 3.8) is 0 Å². The molecule has 0 spiro atoms. The van der Waals surface area contributed by atoms with Crippen molar-refractivity contribution in [1.82, 2.24) is 0 Å². The molecular weight excluding hydrogens is 340 g/mol. The second-order valence-electron chi connectivity index (χ2n) is 8.22. The Morgan fingerprint density at radius 1 is 0.957 bits per heavy atom. The number of phenols is 1. The molecule has 4 heteroatoms. The van der Waals surface area contributed by atoms with Crippen LogP contribution in [0.3, 0.4) is 0 Å². The van der Waals surface area contributed by atoms with Crippen molar-refractivity contribution in [2.24, 2.45) is 0 Å². The molecule has 23 heavy (non-hydrogen) atoms. The number of benzene rings is 1. The molecule has 1 aromatic carbocycles. The number of aromatic hydroxyl groups is 1. The molecule has 0 aliphatic carbocycles. The molecule has 1 heterocycles. The Kier molecular flexibility index (Phi) is 5.10. The highest BCUT2D eigenvalue weighted by atomic mass is 32.9. The Morgan fingerprint density at radius 2 is 1.43 bits per heavy atom. The maximum absolute atomic E-state index is 10.8. The van der Waals surface area contributed by atoms with Crippen LogP contribution in [0.1, 0.15) is 68.7 Å². The maximum Gasteiger partial charge on any atom is 0.123 e. The summed E-state index contributed by atoms with van der Waals surface area (Å²) in [4.78, 5) is 1.34. The first-order valence-corrected chi connectivity index (χ1v) is 10.4. The maximum atomic E-state index is 10.8. The summed E-state index contributed by atoms with van der Waals surface area (Å²) in [7, 11) is 3.46. The van der Waals surface area contributed by atoms with E-state index in [9.17, 15) is 5.11 Å². The van der Waals surface area contributed by atoms with E-state index in [2.05, 4.69) is 60.6 Å². The van der Waals surface area contributed by atoms with E-state index in [0.717, 1.165) is 21.4 Å². The Morgan fingerprint density at radius 3 is 1.78 bits per heavy atom. The molecule has 126 valence electrons. The summed E-state index contributed by atoms with van der Waals surface area (Å²) in [5.41, 5.74) is 4.36. The minimum atomic E-state index is -0.0869. The van der Waals surface area contributed by atoms with E-state index in [4.69, 9.17) is 12.2 Å². The zero-order valence-electron chi connectivity index (χ0n) is 15.0. The summed E-state index contributed by atoms with van der Waals surface area (Å²) >= 11 is 5.37. The molecule has 0 aliphatic heterocycles. The molecule has 0 aliphatic rings. The Hall–Kier alpha value is -0.710. The van der Waals surface area contributed by atoms with Crippen LogP contribution in [0.2, 0.25) is 0 Å². The number of phenolic OH excluding ortho intramolecular Hbond substituents is 1. The quantitative estimate of drug-likeness (QED) is 0.469. The van der Waals surface area contributed by atoms with Gasteiger partial charge >= 0.3 is 0 Å². The third-order valence-electron chi connectivity index (χ3n) is 4.09. The number of hydrogen-bond donors (Lipinski definition) is 1. The summed E-state index contributed by atoms with van der Waals surface area (Å²) in [5.74, 6) is 0.448. The van der Waals surface area contributed by atoms with Gasteiger partial charge < -0.3 is 5.11 Å². The van der Waals surface area contributed by atoms with Crippen LogP contribution in [0, 0.1) is 10.7 Å². The molecule has 0 bridgehead atoms. The van der Waals surface area contributed by atoms with Crippen molar-refractivity contribution in [2.75, 3.05) is 0 Å². The molecule has 1 N–H and O–H groups in total. The first kappa shape index (κ1) is 18.6. The molecule has 0 radical (unpaired) electrons. The molecular formula is C19H26OS3. The van der Waals surface area contributed by atoms with E-state index in [1.165, 1.54) is 16.0 Å². The largest absolute Gasteiger partial charge is 0.507 e. The highest BCUT2D eigenvalue weighted by Gasteiger charge is 2.26. The van der Waals surface area contributed by atoms with Crippen molar-refractivity contribution < 1.29 is 5.11 Å². The highest BCUT2D eigenvalue weighted by molar-refractivity contribution is 7.79. The number of hydrogen-bond acceptors (Lipinski definition) is 4. The van der Waals surface area contributed by atoms with Crippen LogP contribution < -0.4 is 0 Å². The van der Waals surface area contributed by atoms with E-state index in [1.54, 1.807) is 20.7 Å². The van der Waals surface area contributed by atoms with Gasteiger partial charge in [-0.25, -0.2) is 0 Å². The molecule has 0 unspecified atom stereocenters. The van der Waals surface area contributed by atoms with E-state index >= 15 is 0 Å². The van der Waals surface area contributed by atoms with Crippen molar-refractivity contribution in [2.45, 2.75) is 65.7 Å². The molecule has 0 saturated heterocycles. The molecule has 1 aromatic heterocycles. The van der Waals surface area contributed by atoms with E-state index in [1.807, 2.05) is 0 Å². The summed E-state index contributed by atoms with van der Waals surface area (Å²) < 4.78 is 0.996. The average Bonchev–Trinajstić information content (AvgIpc) is 2.70. The fraction of sp³-hybridized carbons (Fsp3) is 0.526. The van der Waals surface area contributed by atoms with Gasteiger partial charge in [-0.2, -0.15) is 0 Å². The summed E-state index contributed by atoms with van der Waals surface area (Å²) in [6.45, 7) is 15.0. The number of rotatable bonds is 2. The van der Waals surface area contributed by atoms with E-state index in [0.29, 0.717) is 5.75 Å². The lowest BCUT2D eigenvalue weighted by Gasteiger charge is -2.28. The second kappa shape index (κ2) is 6.30. The fourth-order valence-corrected chi connectivity index (χ4v) is 5.51. The average molecular weight is 367 g/mol. The summed E-state index contributed by atoms with van der Waals surface area (Å²) in [6, 6.07) is 4.33. The van der Waals surface area contributed by atoms with E-state index in [-0.39, 0.29) is 10.8 Å². The van der Waals surface area contributed by atoms with Crippen molar-refractivity contribution >= 4 is 32.9 Å². The SMILES string of the molecule is Cc1c(Cc2cc(C(C)(C)C)c(O)c(C(C)(C)C)c2)ssc1=S. The lowest BCUT2D eigenvalue weighted by Crippen LogP contribution is -2.18. The van der Waals surface area contributed by atoms with Crippen molar-refractivity contribution in [3.05, 3.63) is 43.1 Å². The van der Waals surface area contributed by atoms with Crippen molar-refractivity contribution in [1.29, 1.82) is 0 Å². The molecule has 0 saturated carbocycles. The van der Waals surface area contributed by atoms with Crippen LogP contribution in [0.25, 0.3) is 0 Å². The topological polar surface area (TPSA) is 20.2 Å². The van der Waals surface area contributed by atoms with Gasteiger partial charge in [0.1, 0.15) is 9.57 Å². The minimum Gasteiger partial charge on any atom is -0.507 e. The van der Waals surface area contributed by atoms with Gasteiger partial charge in [0.05, 0.1) is 0 Å². The van der Waals surface area contributed by atoms with Gasteiger partial charge in [-0.15, -0.1) is 0 Å². The Balaban J connectivity index is 2.60. The van der Waals surface area contributed by atoms with Crippen LogP contribution in [0.5, 0.6) is 5.75 Å². The van der Waals surface area contributed by atoms with Crippen LogP contribution in [0.4, 0.5) is 0 Å². The molecule has 2 rings (SSSR count). The standard InChI is InChI=1S/C19H26OS3/c1-11-15(22-23-17(11)21)10-12-8-13(18(2,3)4)16(20)14(9-12)19(5,6)7/h8-9,20H,10H2,1-7H3. The Bertz CT molecular complexity index is 732. The smallest absolute Gasteiger partial charge is 0.123 e. The predicted octanol–water partition coefficient (Wildman–Crippen LogP) is 6.74. The monoisotopic (exact) mass is 366 g/mol. The highest BCUT2D eigenvalue weighted by Crippen LogP contribution is 2.40. The molecule has 0 amide bonds. The fourth-order valence-electron chi connectivity index (χ4n) is 2.61. The van der Waals surface area contributed by atoms with Gasteiger partial charge in [-0.05, 0) is 40.0 Å². The third kappa shape index (κ3) is 4.04. The predicted molar refractivity (Wildman–Crippen MR) is 106 cm³/mol. The van der Waals surface area contributed by atoms with Gasteiger partial charge in [0.25, 0.3) is 0 Å². The molecule has 0 atom stereocenters. The molecule has 0 fully saturated rings. The first-order valence-electron chi connectivity index (χ1n) is 7.86. The van der Waals surface area contributed by atoms with Gasteiger partial charge in [0, 0.05) is 11.3 Å². The Labute approximate surface area is 152 Å². The van der Waals surface area contributed by atoms with Gasteiger partial charge in [0.15, 0.2) is 0 Å². The lowest BCUT2D eigenvalue weighted by molar-refractivity contribution is 0.423. The summed E-state index contributed by atoms with van der Waals surface area (Å²) in [6.07, 6.45) is 0.885. The normalized spacial score (nSPS) is 12.7. The van der Waals surface area contributed by atoms with Crippen LogP contribution in [0.15, 0.2) is 12.1 Å². The second-order valence-corrected chi connectivity index (χ2v) is 11.1. The molecule has 2 aromatic rings. The zero-order valence-corrected chi connectivity index (χ0v) is 17.5. The van der Waals surface area contributed by atoms with Gasteiger partial charge in [0.2, 0.25) is 0 Å². The first-order chi connectivity index (χ1) is 10.4. The van der Waals surface area contributed by atoms with Crippen LogP contribution in [-0.4, -0.2) is 5.11 Å². The zero-order chi connectivity index (χ0) is 17.6. The summed E-state index contributed by atoms with van der Waals surface area (Å²) in [5, 5.41) is 10.8. The third-order valence-corrected chi connectivity index (χ3v) is 7.51. The van der Waals surface area contributed by atoms with E-state index < -0.39 is 0 Å². The lowest BCUT2D eigenvalue weighted by atomic mass is 9.78. The van der Waals surface area contributed by atoms with Crippen LogP contribution in [-0.2, 0) is 17.3 Å². The van der Waals surface area contributed by atoms with Crippen LogP contribution >= 0.6 is 32.9 Å². The van der Waals surface area contributed by atoms with Gasteiger partial charge in [-0.1, -0.05) is 86.6 Å².